The zero-order valence-electron chi connectivity index (χ0n) is 14.1. The van der Waals surface area contributed by atoms with E-state index >= 15 is 0 Å². The van der Waals surface area contributed by atoms with Crippen molar-refractivity contribution in [3.8, 4) is 0 Å². The van der Waals surface area contributed by atoms with E-state index in [1.807, 2.05) is 32.0 Å². The fourth-order valence-corrected chi connectivity index (χ4v) is 2.61. The van der Waals surface area contributed by atoms with E-state index in [0.717, 1.165) is 11.3 Å². The van der Waals surface area contributed by atoms with Gasteiger partial charge in [-0.3, -0.25) is 14.8 Å². The Balaban J connectivity index is 1.54. The molecule has 0 bridgehead atoms. The topological polar surface area (TPSA) is 77.6 Å². The van der Waals surface area contributed by atoms with Gasteiger partial charge in [0.2, 0.25) is 11.9 Å². The van der Waals surface area contributed by atoms with Crippen molar-refractivity contribution in [2.45, 2.75) is 33.4 Å². The Kier molecular flexibility index (Phi) is 5.14. The van der Waals surface area contributed by atoms with Crippen LogP contribution in [-0.2, 0) is 17.9 Å². The van der Waals surface area contributed by atoms with Crippen molar-refractivity contribution in [1.82, 2.24) is 24.5 Å². The summed E-state index contributed by atoms with van der Waals surface area (Å²) in [6.07, 6.45) is 3.45. The molecule has 0 saturated carbocycles. The molecule has 25 heavy (non-hydrogen) atoms. The lowest BCUT2D eigenvalue weighted by atomic mass is 10.1. The Labute approximate surface area is 150 Å². The third kappa shape index (κ3) is 4.45. The number of halogens is 1. The second kappa shape index (κ2) is 7.48. The lowest BCUT2D eigenvalue weighted by Crippen LogP contribution is -2.16. The summed E-state index contributed by atoms with van der Waals surface area (Å²) >= 11 is 5.95. The highest BCUT2D eigenvalue weighted by Gasteiger charge is 2.09. The van der Waals surface area contributed by atoms with Crippen LogP contribution in [0, 0.1) is 13.8 Å². The quantitative estimate of drug-likeness (QED) is 0.735. The zero-order chi connectivity index (χ0) is 17.8. The maximum Gasteiger partial charge on any atom is 0.248 e. The summed E-state index contributed by atoms with van der Waals surface area (Å²) in [5, 5.41) is 11.7. The Morgan fingerprint density at radius 1 is 1.32 bits per heavy atom. The molecular weight excluding hydrogens is 340 g/mol. The lowest BCUT2D eigenvalue weighted by Gasteiger charge is -2.04. The van der Waals surface area contributed by atoms with Crippen molar-refractivity contribution in [1.29, 1.82) is 0 Å². The van der Waals surface area contributed by atoms with E-state index in [-0.39, 0.29) is 12.3 Å². The maximum atomic E-state index is 12.0. The Morgan fingerprint density at radius 3 is 2.88 bits per heavy atom. The van der Waals surface area contributed by atoms with Crippen LogP contribution < -0.4 is 5.32 Å². The molecule has 0 aliphatic heterocycles. The van der Waals surface area contributed by atoms with Gasteiger partial charge in [-0.25, -0.2) is 9.67 Å². The average molecular weight is 359 g/mol. The number of carbonyl (C=O) groups excluding carboxylic acids is 1. The van der Waals surface area contributed by atoms with Gasteiger partial charge < -0.3 is 0 Å². The second-order valence-corrected chi connectivity index (χ2v) is 6.26. The summed E-state index contributed by atoms with van der Waals surface area (Å²) in [7, 11) is 0. The molecule has 0 aliphatic rings. The first-order chi connectivity index (χ1) is 12.0. The fourth-order valence-electron chi connectivity index (χ4n) is 2.47. The number of aryl methyl sites for hydroxylation is 2. The number of amides is 1. The van der Waals surface area contributed by atoms with Gasteiger partial charge in [-0.2, -0.15) is 5.10 Å². The molecule has 0 unspecified atom stereocenters. The predicted molar refractivity (Wildman–Crippen MR) is 95.5 cm³/mol. The molecule has 7 nitrogen and oxygen atoms in total. The van der Waals surface area contributed by atoms with Crippen LogP contribution in [0.2, 0.25) is 5.02 Å². The number of rotatable bonds is 6. The smallest absolute Gasteiger partial charge is 0.248 e. The first-order valence-electron chi connectivity index (χ1n) is 7.94. The van der Waals surface area contributed by atoms with Crippen molar-refractivity contribution in [2.24, 2.45) is 0 Å². The van der Waals surface area contributed by atoms with Gasteiger partial charge in [-0.1, -0.05) is 41.4 Å². The van der Waals surface area contributed by atoms with Gasteiger partial charge in [0.05, 0.1) is 30.0 Å². The molecule has 3 rings (SSSR count). The van der Waals surface area contributed by atoms with Crippen LogP contribution in [0.25, 0.3) is 0 Å². The van der Waals surface area contributed by atoms with Gasteiger partial charge in [0.1, 0.15) is 6.33 Å². The number of anilines is 1. The van der Waals surface area contributed by atoms with Crippen molar-refractivity contribution in [3.63, 3.8) is 0 Å². The summed E-state index contributed by atoms with van der Waals surface area (Å²) in [5.74, 6) is 0.132. The number of nitrogens with zero attached hydrogens (tertiary/aromatic N) is 5. The molecule has 1 N–H and O–H groups in total. The van der Waals surface area contributed by atoms with Crippen molar-refractivity contribution in [3.05, 3.63) is 58.6 Å². The minimum absolute atomic E-state index is 0.167. The number of aromatic nitrogens is 5. The normalized spacial score (nSPS) is 10.8. The van der Waals surface area contributed by atoms with Gasteiger partial charge in [0, 0.05) is 6.42 Å². The lowest BCUT2D eigenvalue weighted by molar-refractivity contribution is -0.116. The number of benzene rings is 1. The molecule has 0 saturated heterocycles. The maximum absolute atomic E-state index is 12.0. The van der Waals surface area contributed by atoms with Crippen LogP contribution in [0.5, 0.6) is 0 Å². The van der Waals surface area contributed by atoms with E-state index < -0.39 is 0 Å². The molecule has 3 aromatic rings. The number of carbonyl (C=O) groups is 1. The van der Waals surface area contributed by atoms with E-state index in [1.165, 1.54) is 5.56 Å². The molecule has 1 amide bonds. The van der Waals surface area contributed by atoms with E-state index in [2.05, 4.69) is 26.6 Å². The standard InChI is InChI=1S/C17H19ClN6O/c1-12-4-3-5-14(8-12)10-23-11-19-17(22-23)21-16(25)6-7-24-13(2)15(18)9-20-24/h3-5,8-9,11H,6-7,10H2,1-2H3,(H,21,22,25). The first-order valence-corrected chi connectivity index (χ1v) is 8.32. The van der Waals surface area contributed by atoms with Crippen LogP contribution in [0.3, 0.4) is 0 Å². The van der Waals surface area contributed by atoms with E-state index in [9.17, 15) is 4.79 Å². The third-order valence-corrected chi connectivity index (χ3v) is 4.18. The Hall–Kier alpha value is -2.67. The van der Waals surface area contributed by atoms with Gasteiger partial charge >= 0.3 is 0 Å². The van der Waals surface area contributed by atoms with Gasteiger partial charge in [0.25, 0.3) is 0 Å². The molecule has 2 heterocycles. The van der Waals surface area contributed by atoms with Crippen LogP contribution >= 0.6 is 11.6 Å². The van der Waals surface area contributed by atoms with E-state index in [4.69, 9.17) is 11.6 Å². The monoisotopic (exact) mass is 358 g/mol. The number of hydrogen-bond acceptors (Lipinski definition) is 4. The summed E-state index contributed by atoms with van der Waals surface area (Å²) in [4.78, 5) is 16.2. The van der Waals surface area contributed by atoms with Crippen LogP contribution in [0.15, 0.2) is 36.8 Å². The highest BCUT2D eigenvalue weighted by molar-refractivity contribution is 6.31. The molecule has 0 atom stereocenters. The van der Waals surface area contributed by atoms with Crippen molar-refractivity contribution < 1.29 is 4.79 Å². The number of hydrogen-bond donors (Lipinski definition) is 1. The molecule has 0 spiro atoms. The summed E-state index contributed by atoms with van der Waals surface area (Å²) in [5.41, 5.74) is 3.17. The molecular formula is C17H19ClN6O. The SMILES string of the molecule is Cc1cccc(Cn2cnc(NC(=O)CCn3ncc(Cl)c3C)n2)c1. The zero-order valence-corrected chi connectivity index (χ0v) is 14.9. The van der Waals surface area contributed by atoms with E-state index in [1.54, 1.807) is 21.9 Å². The largest absolute Gasteiger partial charge is 0.293 e. The molecule has 8 heteroatoms. The first kappa shape index (κ1) is 17.2. The highest BCUT2D eigenvalue weighted by Crippen LogP contribution is 2.13. The van der Waals surface area contributed by atoms with Gasteiger partial charge in [-0.05, 0) is 19.4 Å². The highest BCUT2D eigenvalue weighted by atomic mass is 35.5. The van der Waals surface area contributed by atoms with Crippen LogP contribution in [-0.4, -0.2) is 30.5 Å². The summed E-state index contributed by atoms with van der Waals surface area (Å²) < 4.78 is 3.40. The minimum Gasteiger partial charge on any atom is -0.293 e. The van der Waals surface area contributed by atoms with Gasteiger partial charge in [-0.15, -0.1) is 5.10 Å². The Bertz CT molecular complexity index is 885. The van der Waals surface area contributed by atoms with Crippen LogP contribution in [0.4, 0.5) is 5.95 Å². The fraction of sp³-hybridized carbons (Fsp3) is 0.294. The average Bonchev–Trinajstić information content (AvgIpc) is 3.13. The molecule has 0 fully saturated rings. The molecule has 2 aromatic heterocycles. The second-order valence-electron chi connectivity index (χ2n) is 5.85. The molecule has 130 valence electrons. The predicted octanol–water partition coefficient (Wildman–Crippen LogP) is 2.82. The molecule has 1 aromatic carbocycles. The molecule has 0 aliphatic carbocycles. The van der Waals surface area contributed by atoms with Crippen molar-refractivity contribution in [2.75, 3.05) is 5.32 Å². The van der Waals surface area contributed by atoms with Gasteiger partial charge in [0.15, 0.2) is 0 Å². The van der Waals surface area contributed by atoms with E-state index in [0.29, 0.717) is 24.1 Å². The Morgan fingerprint density at radius 2 is 2.16 bits per heavy atom. The molecule has 0 radical (unpaired) electrons. The van der Waals surface area contributed by atoms with Crippen molar-refractivity contribution >= 4 is 23.5 Å². The van der Waals surface area contributed by atoms with Crippen LogP contribution in [0.1, 0.15) is 23.2 Å². The summed E-state index contributed by atoms with van der Waals surface area (Å²) in [6.45, 7) is 4.97. The third-order valence-electron chi connectivity index (χ3n) is 3.81. The number of nitrogens with one attached hydrogen (secondary N) is 1. The minimum atomic E-state index is -0.167. The summed E-state index contributed by atoms with van der Waals surface area (Å²) in [6, 6.07) is 8.18.